The molecule has 0 radical (unpaired) electrons. The number of aliphatic hydroxyl groups is 1. The second kappa shape index (κ2) is 6.81. The number of allylic oxidation sites excluding steroid dienone is 2. The molecule has 1 saturated carbocycles. The lowest BCUT2D eigenvalue weighted by atomic mass is 9.85. The number of hydrogen-bond donors (Lipinski definition) is 2. The monoisotopic (exact) mass is 390 g/mol. The van der Waals surface area contributed by atoms with Crippen LogP contribution in [0.2, 0.25) is 0 Å². The molecule has 2 aromatic carbocycles. The van der Waals surface area contributed by atoms with Crippen LogP contribution in [0.15, 0.2) is 54.6 Å². The molecule has 1 saturated heterocycles. The average molecular weight is 390 g/mol. The normalized spacial score (nSPS) is 28.2. The van der Waals surface area contributed by atoms with E-state index in [2.05, 4.69) is 5.32 Å². The van der Waals surface area contributed by atoms with E-state index < -0.39 is 12.0 Å². The van der Waals surface area contributed by atoms with Crippen molar-refractivity contribution in [3.63, 3.8) is 0 Å². The Kier molecular flexibility index (Phi) is 4.24. The number of benzene rings is 2. The highest BCUT2D eigenvalue weighted by atomic mass is 16.3. The molecule has 2 N–H and O–H groups in total. The molecule has 5 rings (SSSR count). The molecule has 0 aromatic heterocycles. The van der Waals surface area contributed by atoms with E-state index in [4.69, 9.17) is 0 Å². The van der Waals surface area contributed by atoms with Gasteiger partial charge in [-0.15, -0.1) is 0 Å². The van der Waals surface area contributed by atoms with Gasteiger partial charge in [0.05, 0.1) is 17.9 Å². The summed E-state index contributed by atoms with van der Waals surface area (Å²) in [7, 11) is 0. The van der Waals surface area contributed by atoms with E-state index in [0.717, 1.165) is 22.1 Å². The molecule has 0 spiro atoms. The predicted molar refractivity (Wildman–Crippen MR) is 106 cm³/mol. The lowest BCUT2D eigenvalue weighted by molar-refractivity contribution is -0.144. The van der Waals surface area contributed by atoms with Gasteiger partial charge in [0.15, 0.2) is 0 Å². The van der Waals surface area contributed by atoms with Crippen LogP contribution in [0.5, 0.6) is 0 Å². The second-order valence-corrected chi connectivity index (χ2v) is 8.19. The molecule has 148 valence electrons. The summed E-state index contributed by atoms with van der Waals surface area (Å²) in [6, 6.07) is 13.5. The third-order valence-electron chi connectivity index (χ3n) is 6.51. The van der Waals surface area contributed by atoms with Gasteiger partial charge in [0.1, 0.15) is 6.54 Å². The van der Waals surface area contributed by atoms with Crippen LogP contribution < -0.4 is 5.32 Å². The molecule has 0 unspecified atom stereocenters. The van der Waals surface area contributed by atoms with Crippen molar-refractivity contribution in [1.82, 2.24) is 10.2 Å². The minimum atomic E-state index is -0.868. The first-order chi connectivity index (χ1) is 14.0. The van der Waals surface area contributed by atoms with Gasteiger partial charge in [0.2, 0.25) is 17.7 Å². The topological polar surface area (TPSA) is 86.7 Å². The predicted octanol–water partition coefficient (Wildman–Crippen LogP) is 1.80. The van der Waals surface area contributed by atoms with Crippen LogP contribution in [0, 0.1) is 23.7 Å². The quantitative estimate of drug-likeness (QED) is 0.602. The Hall–Kier alpha value is -2.99. The third-order valence-corrected chi connectivity index (χ3v) is 6.51. The Morgan fingerprint density at radius 3 is 2.38 bits per heavy atom. The van der Waals surface area contributed by atoms with E-state index >= 15 is 0 Å². The molecule has 6 heteroatoms. The summed E-state index contributed by atoms with van der Waals surface area (Å²) in [5.41, 5.74) is 0.703. The minimum absolute atomic E-state index is 0.0209. The van der Waals surface area contributed by atoms with Gasteiger partial charge in [-0.3, -0.25) is 19.3 Å². The molecule has 29 heavy (non-hydrogen) atoms. The van der Waals surface area contributed by atoms with Gasteiger partial charge in [-0.05, 0) is 40.7 Å². The first-order valence-corrected chi connectivity index (χ1v) is 10.00. The van der Waals surface area contributed by atoms with Crippen molar-refractivity contribution in [2.24, 2.45) is 23.7 Å². The van der Waals surface area contributed by atoms with Crippen molar-refractivity contribution in [1.29, 1.82) is 0 Å². The van der Waals surface area contributed by atoms with Crippen LogP contribution in [0.25, 0.3) is 10.8 Å². The number of amides is 3. The van der Waals surface area contributed by atoms with Crippen molar-refractivity contribution in [3.05, 3.63) is 60.2 Å². The molecular formula is C23H22N2O4. The number of hydrogen-bond acceptors (Lipinski definition) is 4. The van der Waals surface area contributed by atoms with Gasteiger partial charge in [0.25, 0.3) is 0 Å². The van der Waals surface area contributed by atoms with E-state index in [1.807, 2.05) is 54.6 Å². The zero-order chi connectivity index (χ0) is 20.1. The number of fused-ring (bicyclic) bond motifs is 6. The number of nitrogens with zero attached hydrogens (tertiary/aromatic N) is 1. The zero-order valence-corrected chi connectivity index (χ0v) is 15.8. The summed E-state index contributed by atoms with van der Waals surface area (Å²) >= 11 is 0. The van der Waals surface area contributed by atoms with Gasteiger partial charge in [-0.1, -0.05) is 48.6 Å². The van der Waals surface area contributed by atoms with Gasteiger partial charge in [-0.2, -0.15) is 0 Å². The Bertz CT molecular complexity index is 1020. The fourth-order valence-electron chi connectivity index (χ4n) is 5.06. The molecule has 3 aliphatic rings. The van der Waals surface area contributed by atoms with Crippen LogP contribution in [0.3, 0.4) is 0 Å². The van der Waals surface area contributed by atoms with Crippen molar-refractivity contribution >= 4 is 28.5 Å². The molecule has 1 aliphatic heterocycles. The summed E-state index contributed by atoms with van der Waals surface area (Å²) in [6.45, 7) is -0.262. The van der Waals surface area contributed by atoms with Crippen molar-refractivity contribution < 1.29 is 19.5 Å². The van der Waals surface area contributed by atoms with Crippen molar-refractivity contribution in [2.45, 2.75) is 12.5 Å². The maximum absolute atomic E-state index is 12.6. The van der Waals surface area contributed by atoms with E-state index in [1.54, 1.807) is 0 Å². The Morgan fingerprint density at radius 2 is 1.69 bits per heavy atom. The highest BCUT2D eigenvalue weighted by molar-refractivity contribution is 6.08. The number of imide groups is 1. The Labute approximate surface area is 168 Å². The molecule has 3 amide bonds. The van der Waals surface area contributed by atoms with Crippen LogP contribution >= 0.6 is 0 Å². The minimum Gasteiger partial charge on any atom is -0.387 e. The second-order valence-electron chi connectivity index (χ2n) is 8.19. The zero-order valence-electron chi connectivity index (χ0n) is 15.8. The van der Waals surface area contributed by atoms with Crippen LogP contribution in [-0.2, 0) is 14.4 Å². The maximum atomic E-state index is 12.6. The molecule has 2 aromatic rings. The van der Waals surface area contributed by atoms with E-state index in [1.165, 1.54) is 0 Å². The average Bonchev–Trinajstić information content (AvgIpc) is 3.42. The highest BCUT2D eigenvalue weighted by Crippen LogP contribution is 2.52. The summed E-state index contributed by atoms with van der Waals surface area (Å²) in [6.07, 6.45) is 4.05. The van der Waals surface area contributed by atoms with Crippen LogP contribution in [0.4, 0.5) is 0 Å². The summed E-state index contributed by atoms with van der Waals surface area (Å²) in [5, 5.41) is 15.2. The number of carbonyl (C=O) groups excluding carboxylic acids is 3. The van der Waals surface area contributed by atoms with Gasteiger partial charge in [0, 0.05) is 6.54 Å². The SMILES string of the molecule is O=C(CN1C(=O)[C@@H]2[C@H](C1=O)[C@H]1C=C[C@H]2C1)NC[C@H](O)c1ccc2ccccc2c1. The first kappa shape index (κ1) is 18.1. The third kappa shape index (κ3) is 2.95. The van der Waals surface area contributed by atoms with Crippen molar-refractivity contribution in [3.8, 4) is 0 Å². The van der Waals surface area contributed by atoms with Gasteiger partial charge in [-0.25, -0.2) is 0 Å². The molecule has 2 aliphatic carbocycles. The van der Waals surface area contributed by atoms with Crippen LogP contribution in [0.1, 0.15) is 18.1 Å². The van der Waals surface area contributed by atoms with E-state index in [9.17, 15) is 19.5 Å². The molecule has 5 atom stereocenters. The Balaban J connectivity index is 1.20. The van der Waals surface area contributed by atoms with Crippen LogP contribution in [-0.4, -0.2) is 40.8 Å². The Morgan fingerprint density at radius 1 is 1.03 bits per heavy atom. The lowest BCUT2D eigenvalue weighted by Crippen LogP contribution is -2.42. The largest absolute Gasteiger partial charge is 0.387 e. The maximum Gasteiger partial charge on any atom is 0.240 e. The number of likely N-dealkylation sites (tertiary alicyclic amines) is 1. The number of carbonyl (C=O) groups is 3. The van der Waals surface area contributed by atoms with E-state index in [0.29, 0.717) is 5.56 Å². The molecular weight excluding hydrogens is 368 g/mol. The highest BCUT2D eigenvalue weighted by Gasteiger charge is 2.59. The van der Waals surface area contributed by atoms with Gasteiger partial charge >= 0.3 is 0 Å². The number of aliphatic hydroxyl groups excluding tert-OH is 1. The molecule has 1 heterocycles. The molecule has 2 fully saturated rings. The number of nitrogens with one attached hydrogen (secondary N) is 1. The molecule has 6 nitrogen and oxygen atoms in total. The number of rotatable bonds is 5. The lowest BCUT2D eigenvalue weighted by Gasteiger charge is -2.18. The first-order valence-electron chi connectivity index (χ1n) is 10.00. The fraction of sp³-hybridized carbons (Fsp3) is 0.348. The summed E-state index contributed by atoms with van der Waals surface area (Å²) in [4.78, 5) is 38.7. The summed E-state index contributed by atoms with van der Waals surface area (Å²) < 4.78 is 0. The fourth-order valence-corrected chi connectivity index (χ4v) is 5.06. The van der Waals surface area contributed by atoms with E-state index in [-0.39, 0.29) is 48.6 Å². The standard InChI is InChI=1S/C23H22N2O4/c26-18(15-6-5-13-3-1-2-4-14(13)9-15)11-24-19(27)12-25-22(28)20-16-7-8-17(10-16)21(20)23(25)29/h1-9,16-18,20-21,26H,10-12H2,(H,24,27)/t16-,17-,18-,20-,21+/m0/s1. The molecule has 2 bridgehead atoms. The summed E-state index contributed by atoms with van der Waals surface area (Å²) in [5.74, 6) is -1.24. The smallest absolute Gasteiger partial charge is 0.240 e. The van der Waals surface area contributed by atoms with Crippen molar-refractivity contribution in [2.75, 3.05) is 13.1 Å². The van der Waals surface area contributed by atoms with Gasteiger partial charge < -0.3 is 10.4 Å².